The van der Waals surface area contributed by atoms with E-state index in [1.165, 1.54) is 30.3 Å². The Balaban J connectivity index is 1.45. The van der Waals surface area contributed by atoms with E-state index in [-0.39, 0.29) is 22.5 Å². The summed E-state index contributed by atoms with van der Waals surface area (Å²) in [5.41, 5.74) is 1.41. The van der Waals surface area contributed by atoms with Crippen LogP contribution in [0.1, 0.15) is 48.2 Å². The number of aliphatic imine (C=N–C) groups is 1. The van der Waals surface area contributed by atoms with Crippen molar-refractivity contribution in [3.05, 3.63) is 81.9 Å². The molecule has 0 spiro atoms. The Morgan fingerprint density at radius 2 is 1.86 bits per heavy atom. The third-order valence-electron chi connectivity index (χ3n) is 6.14. The molecule has 2 heterocycles. The van der Waals surface area contributed by atoms with Crippen molar-refractivity contribution < 1.29 is 19.1 Å². The number of rotatable bonds is 5. The van der Waals surface area contributed by atoms with Crippen LogP contribution in [0.25, 0.3) is 17.4 Å². The lowest BCUT2D eigenvalue weighted by atomic mass is 9.94. The van der Waals surface area contributed by atoms with E-state index in [9.17, 15) is 14.7 Å². The number of carbonyl (C=O) groups is 2. The summed E-state index contributed by atoms with van der Waals surface area (Å²) in [6, 6.07) is 18.0. The molecule has 5 rings (SSSR count). The third-order valence-corrected chi connectivity index (χ3v) is 7.45. The molecule has 1 aliphatic heterocycles. The van der Waals surface area contributed by atoms with Crippen LogP contribution in [0.4, 0.5) is 5.69 Å². The smallest absolute Gasteiger partial charge is 0.337 e. The number of para-hydroxylation sites is 1. The van der Waals surface area contributed by atoms with E-state index in [0.717, 1.165) is 31.4 Å². The number of furan rings is 1. The maximum absolute atomic E-state index is 13.5. The molecule has 1 saturated heterocycles. The van der Waals surface area contributed by atoms with Gasteiger partial charge in [-0.05, 0) is 67.1 Å². The number of carboxylic acid groups (broad SMARTS) is 1. The molecule has 35 heavy (non-hydrogen) atoms. The zero-order valence-corrected chi connectivity index (χ0v) is 20.4. The number of carbonyl (C=O) groups excluding carboxylic acids is 1. The van der Waals surface area contributed by atoms with Crippen LogP contribution in [0.5, 0.6) is 0 Å². The highest BCUT2D eigenvalue weighted by Crippen LogP contribution is 2.39. The number of aromatic carboxylic acids is 1. The number of thioether (sulfide) groups is 1. The van der Waals surface area contributed by atoms with Gasteiger partial charge in [-0.3, -0.25) is 9.69 Å². The van der Waals surface area contributed by atoms with E-state index in [1.54, 1.807) is 24.3 Å². The van der Waals surface area contributed by atoms with Crippen molar-refractivity contribution in [1.29, 1.82) is 0 Å². The molecule has 8 heteroatoms. The highest BCUT2D eigenvalue weighted by atomic mass is 35.5. The minimum absolute atomic E-state index is 0.00638. The van der Waals surface area contributed by atoms with E-state index < -0.39 is 5.97 Å². The molecule has 2 fully saturated rings. The van der Waals surface area contributed by atoms with E-state index in [0.29, 0.717) is 27.2 Å². The summed E-state index contributed by atoms with van der Waals surface area (Å²) in [4.78, 5) is 32.1. The lowest BCUT2D eigenvalue weighted by Crippen LogP contribution is -2.40. The maximum atomic E-state index is 13.5. The summed E-state index contributed by atoms with van der Waals surface area (Å²) in [6.45, 7) is 0. The number of hydrogen-bond donors (Lipinski definition) is 1. The molecular weight excluding hydrogens is 484 g/mol. The molecule has 178 valence electrons. The first-order valence-corrected chi connectivity index (χ1v) is 12.7. The fourth-order valence-electron chi connectivity index (χ4n) is 4.40. The SMILES string of the molecule is O=C(O)c1cc(-c2ccc(/C=C3/SC(=Nc4ccccc4)N(C4CCCCC4)C3=O)o2)ccc1Cl. The second kappa shape index (κ2) is 10.1. The van der Waals surface area contributed by atoms with E-state index in [1.807, 2.05) is 35.2 Å². The number of amidine groups is 1. The van der Waals surface area contributed by atoms with Gasteiger partial charge in [0, 0.05) is 17.7 Å². The Morgan fingerprint density at radius 3 is 2.60 bits per heavy atom. The van der Waals surface area contributed by atoms with Gasteiger partial charge in [-0.1, -0.05) is 49.1 Å². The maximum Gasteiger partial charge on any atom is 0.337 e. The van der Waals surface area contributed by atoms with Crippen LogP contribution in [0.15, 0.2) is 75.0 Å². The number of benzene rings is 2. The molecule has 1 aromatic heterocycles. The Kier molecular flexibility index (Phi) is 6.79. The van der Waals surface area contributed by atoms with Crippen molar-refractivity contribution in [3.63, 3.8) is 0 Å². The van der Waals surface area contributed by atoms with Gasteiger partial charge in [-0.2, -0.15) is 0 Å². The molecule has 1 N–H and O–H groups in total. The Morgan fingerprint density at radius 1 is 1.09 bits per heavy atom. The average molecular weight is 507 g/mol. The Bertz CT molecular complexity index is 1330. The summed E-state index contributed by atoms with van der Waals surface area (Å²) >= 11 is 7.34. The van der Waals surface area contributed by atoms with Gasteiger partial charge in [0.05, 0.1) is 21.2 Å². The van der Waals surface area contributed by atoms with Gasteiger partial charge in [-0.15, -0.1) is 0 Å². The molecule has 3 aromatic rings. The van der Waals surface area contributed by atoms with Crippen LogP contribution in [-0.2, 0) is 4.79 Å². The predicted molar refractivity (Wildman–Crippen MR) is 139 cm³/mol. The van der Waals surface area contributed by atoms with Gasteiger partial charge in [0.1, 0.15) is 11.5 Å². The molecule has 2 aromatic carbocycles. The second-order valence-electron chi connectivity index (χ2n) is 8.51. The van der Waals surface area contributed by atoms with Crippen molar-refractivity contribution >= 4 is 52.2 Å². The Hall–Kier alpha value is -3.29. The predicted octanol–water partition coefficient (Wildman–Crippen LogP) is 7.23. The molecule has 0 unspecified atom stereocenters. The molecule has 6 nitrogen and oxygen atoms in total. The minimum Gasteiger partial charge on any atom is -0.478 e. The van der Waals surface area contributed by atoms with Crippen LogP contribution < -0.4 is 0 Å². The van der Waals surface area contributed by atoms with Gasteiger partial charge < -0.3 is 9.52 Å². The van der Waals surface area contributed by atoms with Gasteiger partial charge in [0.25, 0.3) is 5.91 Å². The molecular formula is C27H23ClN2O4S. The number of carboxylic acids is 1. The van der Waals surface area contributed by atoms with Crippen molar-refractivity contribution in [2.45, 2.75) is 38.1 Å². The highest BCUT2D eigenvalue weighted by molar-refractivity contribution is 8.18. The molecule has 0 atom stereocenters. The lowest BCUT2D eigenvalue weighted by Gasteiger charge is -2.30. The van der Waals surface area contributed by atoms with Gasteiger partial charge >= 0.3 is 5.97 Å². The molecule has 1 saturated carbocycles. The monoisotopic (exact) mass is 506 g/mol. The van der Waals surface area contributed by atoms with Crippen LogP contribution in [0.2, 0.25) is 5.02 Å². The van der Waals surface area contributed by atoms with E-state index >= 15 is 0 Å². The molecule has 1 amide bonds. The van der Waals surface area contributed by atoms with Gasteiger partial charge in [-0.25, -0.2) is 9.79 Å². The minimum atomic E-state index is -1.10. The summed E-state index contributed by atoms with van der Waals surface area (Å²) < 4.78 is 5.95. The van der Waals surface area contributed by atoms with E-state index in [4.69, 9.17) is 21.0 Å². The quantitative estimate of drug-likeness (QED) is 0.369. The number of hydrogen-bond acceptors (Lipinski definition) is 5. The summed E-state index contributed by atoms with van der Waals surface area (Å²) in [5.74, 6) is -0.165. The Labute approximate surface area is 212 Å². The second-order valence-corrected chi connectivity index (χ2v) is 9.93. The summed E-state index contributed by atoms with van der Waals surface area (Å²) in [7, 11) is 0. The zero-order chi connectivity index (χ0) is 24.4. The zero-order valence-electron chi connectivity index (χ0n) is 18.8. The van der Waals surface area contributed by atoms with Crippen molar-refractivity contribution in [2.24, 2.45) is 4.99 Å². The standard InChI is InChI=1S/C27H23ClN2O4S/c28-22-13-11-17(15-21(22)26(32)33)23-14-12-20(34-23)16-24-25(31)30(19-9-5-2-6-10-19)27(35-24)29-18-7-3-1-4-8-18/h1,3-4,7-8,11-16,19H,2,5-6,9-10H2,(H,32,33)/b24-16+,29-27?. The first kappa shape index (κ1) is 23.5. The molecule has 2 aliphatic rings. The number of amides is 1. The molecule has 1 aliphatic carbocycles. The summed E-state index contributed by atoms with van der Waals surface area (Å²) in [5, 5.41) is 10.2. The van der Waals surface area contributed by atoms with Crippen LogP contribution in [0.3, 0.4) is 0 Å². The van der Waals surface area contributed by atoms with E-state index in [2.05, 4.69) is 0 Å². The average Bonchev–Trinajstić information content (AvgIpc) is 3.45. The fraction of sp³-hybridized carbons (Fsp3) is 0.222. The van der Waals surface area contributed by atoms with Gasteiger partial charge in [0.2, 0.25) is 0 Å². The van der Waals surface area contributed by atoms with Crippen molar-refractivity contribution in [2.75, 3.05) is 0 Å². The van der Waals surface area contributed by atoms with Crippen molar-refractivity contribution in [3.8, 4) is 11.3 Å². The first-order valence-electron chi connectivity index (χ1n) is 11.5. The third kappa shape index (κ3) is 5.06. The number of halogens is 1. The van der Waals surface area contributed by atoms with Crippen LogP contribution in [-0.4, -0.2) is 33.1 Å². The molecule has 0 bridgehead atoms. The van der Waals surface area contributed by atoms with Crippen molar-refractivity contribution in [1.82, 2.24) is 4.90 Å². The fourth-order valence-corrected chi connectivity index (χ4v) is 5.63. The normalized spacial score (nSPS) is 19.1. The first-order chi connectivity index (χ1) is 17.0. The largest absolute Gasteiger partial charge is 0.478 e. The van der Waals surface area contributed by atoms with Crippen LogP contribution >= 0.6 is 23.4 Å². The van der Waals surface area contributed by atoms with Crippen LogP contribution in [0, 0.1) is 0 Å². The highest BCUT2D eigenvalue weighted by Gasteiger charge is 2.38. The number of nitrogens with zero attached hydrogens (tertiary/aromatic N) is 2. The lowest BCUT2D eigenvalue weighted by molar-refractivity contribution is -0.124. The topological polar surface area (TPSA) is 83.1 Å². The molecule has 0 radical (unpaired) electrons. The summed E-state index contributed by atoms with van der Waals surface area (Å²) in [6.07, 6.45) is 7.09. The van der Waals surface area contributed by atoms with Gasteiger partial charge in [0.15, 0.2) is 5.17 Å².